The third-order valence-corrected chi connectivity index (χ3v) is 5.67. The van der Waals surface area contributed by atoms with Crippen LogP contribution in [0.5, 0.6) is 11.6 Å². The van der Waals surface area contributed by atoms with Gasteiger partial charge >= 0.3 is 18.4 Å². The van der Waals surface area contributed by atoms with Crippen molar-refractivity contribution in [3.63, 3.8) is 0 Å². The summed E-state index contributed by atoms with van der Waals surface area (Å²) in [4.78, 5) is 26.5. The molecule has 3 heterocycles. The molecule has 3 aromatic rings. The number of hydrogen-bond donors (Lipinski definition) is 1. The fourth-order valence-corrected chi connectivity index (χ4v) is 3.69. The molecule has 0 radical (unpaired) electrons. The molecule has 0 unspecified atom stereocenters. The maximum atomic E-state index is 13.4. The van der Waals surface area contributed by atoms with Gasteiger partial charge in [0.2, 0.25) is 5.65 Å². The largest absolute Gasteiger partial charge is 0.494 e. The van der Waals surface area contributed by atoms with E-state index < -0.39 is 43.3 Å². The van der Waals surface area contributed by atoms with Gasteiger partial charge in [-0.05, 0) is 26.3 Å². The summed E-state index contributed by atoms with van der Waals surface area (Å²) in [5.41, 5.74) is 0.939. The van der Waals surface area contributed by atoms with Crippen molar-refractivity contribution in [2.75, 3.05) is 20.8 Å². The van der Waals surface area contributed by atoms with Crippen LogP contribution in [0.2, 0.25) is 0 Å². The van der Waals surface area contributed by atoms with E-state index in [1.54, 1.807) is 11.5 Å². The standard InChI is InChI=1S/C22H25F6N7O3/c1-5-34(20(36)31-16(22(26,27)28)6-7-21(23,24)25)12(2)14-10-13(15(37-3)11-30-14)17-32-19(38-4)18-29-8-9-35(18)33-17/h8-12,16H,5-7H2,1-4H3,(H,31,36)/t12-,16+/m1/s1. The van der Waals surface area contributed by atoms with Crippen LogP contribution in [0.4, 0.5) is 31.1 Å². The molecule has 10 nitrogen and oxygen atoms in total. The Balaban J connectivity index is 1.92. The number of pyridine rings is 1. The van der Waals surface area contributed by atoms with Gasteiger partial charge in [-0.25, -0.2) is 14.3 Å². The highest BCUT2D eigenvalue weighted by Gasteiger charge is 2.43. The first-order valence-corrected chi connectivity index (χ1v) is 11.3. The van der Waals surface area contributed by atoms with Gasteiger partial charge < -0.3 is 19.7 Å². The molecule has 16 heteroatoms. The van der Waals surface area contributed by atoms with Crippen LogP contribution >= 0.6 is 0 Å². The molecule has 2 amide bonds. The van der Waals surface area contributed by atoms with Gasteiger partial charge in [-0.1, -0.05) is 0 Å². The molecule has 38 heavy (non-hydrogen) atoms. The predicted octanol–water partition coefficient (Wildman–Crippen LogP) is 4.57. The molecular weight excluding hydrogens is 524 g/mol. The van der Waals surface area contributed by atoms with E-state index in [2.05, 4.69) is 20.1 Å². The normalized spacial score (nSPS) is 13.7. The Labute approximate surface area is 213 Å². The zero-order valence-electron chi connectivity index (χ0n) is 20.8. The SMILES string of the molecule is CCN(C(=O)N[C@@H](CCC(F)(F)F)C(F)(F)F)[C@H](C)c1cc(-c2nc(OC)c3nccn3n2)c(OC)cn1. The van der Waals surface area contributed by atoms with Gasteiger partial charge in [-0.15, -0.1) is 5.10 Å². The number of aromatic nitrogens is 5. The Hall–Kier alpha value is -3.85. The second kappa shape index (κ2) is 11.3. The van der Waals surface area contributed by atoms with Crippen LogP contribution in [0.25, 0.3) is 17.0 Å². The molecule has 0 bridgehead atoms. The average Bonchev–Trinajstić information content (AvgIpc) is 3.33. The van der Waals surface area contributed by atoms with Crippen LogP contribution in [0.3, 0.4) is 0 Å². The van der Waals surface area contributed by atoms with E-state index in [4.69, 9.17) is 9.47 Å². The van der Waals surface area contributed by atoms with Gasteiger partial charge in [0.15, 0.2) is 5.82 Å². The Bertz CT molecular complexity index is 1260. The van der Waals surface area contributed by atoms with Crippen molar-refractivity contribution in [1.82, 2.24) is 34.8 Å². The molecule has 0 saturated heterocycles. The van der Waals surface area contributed by atoms with Crippen LogP contribution in [-0.4, -0.2) is 74.7 Å². The van der Waals surface area contributed by atoms with Crippen molar-refractivity contribution in [3.05, 3.63) is 30.4 Å². The Morgan fingerprint density at radius 3 is 2.45 bits per heavy atom. The predicted molar refractivity (Wildman–Crippen MR) is 122 cm³/mol. The molecule has 0 aromatic carbocycles. The third-order valence-electron chi connectivity index (χ3n) is 5.67. The lowest BCUT2D eigenvalue weighted by atomic mass is 10.1. The van der Waals surface area contributed by atoms with Crippen molar-refractivity contribution >= 4 is 11.7 Å². The molecule has 208 valence electrons. The number of fused-ring (bicyclic) bond motifs is 1. The second-order valence-electron chi connectivity index (χ2n) is 8.11. The van der Waals surface area contributed by atoms with Crippen LogP contribution in [0.1, 0.15) is 38.4 Å². The maximum absolute atomic E-state index is 13.4. The first-order chi connectivity index (χ1) is 17.8. The van der Waals surface area contributed by atoms with Gasteiger partial charge in [0.1, 0.15) is 11.8 Å². The maximum Gasteiger partial charge on any atom is 0.408 e. The van der Waals surface area contributed by atoms with E-state index in [0.29, 0.717) is 11.2 Å². The molecule has 3 rings (SSSR count). The van der Waals surface area contributed by atoms with Crippen molar-refractivity contribution in [1.29, 1.82) is 0 Å². The number of nitrogens with one attached hydrogen (secondary N) is 1. The van der Waals surface area contributed by atoms with Crippen molar-refractivity contribution in [3.8, 4) is 23.0 Å². The van der Waals surface area contributed by atoms with E-state index in [-0.39, 0.29) is 29.7 Å². The molecule has 0 aliphatic rings. The average molecular weight is 549 g/mol. The summed E-state index contributed by atoms with van der Waals surface area (Å²) in [6, 6.07) is -3.26. The molecule has 3 aromatic heterocycles. The van der Waals surface area contributed by atoms with Gasteiger partial charge in [0, 0.05) is 25.4 Å². The number of carbonyl (C=O) groups is 1. The summed E-state index contributed by atoms with van der Waals surface area (Å²) < 4.78 is 89.8. The summed E-state index contributed by atoms with van der Waals surface area (Å²) in [6.45, 7) is 2.96. The summed E-state index contributed by atoms with van der Waals surface area (Å²) >= 11 is 0. The van der Waals surface area contributed by atoms with Crippen LogP contribution in [0, 0.1) is 0 Å². The van der Waals surface area contributed by atoms with Crippen LogP contribution in [-0.2, 0) is 0 Å². The fraction of sp³-hybridized carbons (Fsp3) is 0.500. The minimum Gasteiger partial charge on any atom is -0.494 e. The topological polar surface area (TPSA) is 107 Å². The summed E-state index contributed by atoms with van der Waals surface area (Å²) in [5, 5.41) is 6.07. The molecular formula is C22H25F6N7O3. The highest BCUT2D eigenvalue weighted by Crippen LogP contribution is 2.33. The van der Waals surface area contributed by atoms with Crippen molar-refractivity contribution < 1.29 is 40.6 Å². The molecule has 1 N–H and O–H groups in total. The number of hydrogen-bond acceptors (Lipinski definition) is 7. The van der Waals surface area contributed by atoms with E-state index in [1.807, 2.05) is 0 Å². The Morgan fingerprint density at radius 2 is 1.87 bits per heavy atom. The lowest BCUT2D eigenvalue weighted by molar-refractivity contribution is -0.171. The van der Waals surface area contributed by atoms with E-state index in [9.17, 15) is 31.1 Å². The first kappa shape index (κ1) is 28.7. The van der Waals surface area contributed by atoms with E-state index in [0.717, 1.165) is 4.90 Å². The summed E-state index contributed by atoms with van der Waals surface area (Å²) in [5.74, 6) is 0.580. The third kappa shape index (κ3) is 6.52. The van der Waals surface area contributed by atoms with Gasteiger partial charge in [-0.3, -0.25) is 4.98 Å². The van der Waals surface area contributed by atoms with Crippen LogP contribution < -0.4 is 14.8 Å². The number of nitrogens with zero attached hydrogens (tertiary/aromatic N) is 6. The number of imidazole rings is 1. The first-order valence-electron chi connectivity index (χ1n) is 11.3. The zero-order valence-corrected chi connectivity index (χ0v) is 20.8. The van der Waals surface area contributed by atoms with Gasteiger partial charge in [0.25, 0.3) is 5.88 Å². The molecule has 0 saturated carbocycles. The monoisotopic (exact) mass is 549 g/mol. The Morgan fingerprint density at radius 1 is 1.16 bits per heavy atom. The summed E-state index contributed by atoms with van der Waals surface area (Å²) in [6.07, 6.45) is -8.52. The molecule has 0 fully saturated rings. The highest BCUT2D eigenvalue weighted by molar-refractivity contribution is 5.75. The highest BCUT2D eigenvalue weighted by atomic mass is 19.4. The minimum atomic E-state index is -5.07. The molecule has 0 aliphatic heterocycles. The fourth-order valence-electron chi connectivity index (χ4n) is 3.69. The number of alkyl halides is 6. The number of halogens is 6. The molecule has 0 aliphatic carbocycles. The number of methoxy groups -OCH3 is 2. The van der Waals surface area contributed by atoms with Gasteiger partial charge in [-0.2, -0.15) is 31.3 Å². The Kier molecular flexibility index (Phi) is 8.51. The minimum absolute atomic E-state index is 0.0643. The second-order valence-corrected chi connectivity index (χ2v) is 8.11. The number of amides is 2. The lowest BCUT2D eigenvalue weighted by Gasteiger charge is -2.31. The molecule has 2 atom stereocenters. The quantitative estimate of drug-likeness (QED) is 0.390. The number of rotatable bonds is 9. The van der Waals surface area contributed by atoms with Crippen LogP contribution in [0.15, 0.2) is 24.7 Å². The zero-order chi connectivity index (χ0) is 28.3. The molecule has 0 spiro atoms. The van der Waals surface area contributed by atoms with Crippen molar-refractivity contribution in [2.24, 2.45) is 0 Å². The van der Waals surface area contributed by atoms with Crippen molar-refractivity contribution in [2.45, 2.75) is 51.1 Å². The summed E-state index contributed by atoms with van der Waals surface area (Å²) in [7, 11) is 2.79. The van der Waals surface area contributed by atoms with Gasteiger partial charge in [0.05, 0.1) is 37.7 Å². The van der Waals surface area contributed by atoms with E-state index in [1.165, 1.54) is 51.0 Å². The number of carbonyl (C=O) groups excluding carboxylic acids is 1. The van der Waals surface area contributed by atoms with E-state index >= 15 is 0 Å². The number of ether oxygens (including phenoxy) is 2. The lowest BCUT2D eigenvalue weighted by Crippen LogP contribution is -2.51. The number of urea groups is 1. The smallest absolute Gasteiger partial charge is 0.408 e.